The lowest BCUT2D eigenvalue weighted by molar-refractivity contribution is 0.378. The number of ether oxygens (including phenoxy) is 2. The average Bonchev–Trinajstić information content (AvgIpc) is 3.12. The number of hydrogen-bond acceptors (Lipinski definition) is 6. The number of methoxy groups -OCH3 is 1. The Labute approximate surface area is 109 Å². The van der Waals surface area contributed by atoms with E-state index in [1.165, 1.54) is 24.4 Å². The van der Waals surface area contributed by atoms with Gasteiger partial charge in [-0.25, -0.2) is 0 Å². The first-order chi connectivity index (χ1) is 8.76. The maximum absolute atomic E-state index is 5.69. The fraction of sp³-hybridized carbons (Fsp3) is 0.333. The minimum Gasteiger partial charge on any atom is -0.493 e. The van der Waals surface area contributed by atoms with Crippen LogP contribution in [0.25, 0.3) is 0 Å². The second-order valence-corrected chi connectivity index (χ2v) is 4.92. The first-order valence-electron chi connectivity index (χ1n) is 5.71. The molecule has 0 atom stereocenters. The van der Waals surface area contributed by atoms with Crippen molar-refractivity contribution in [3.8, 4) is 16.7 Å². The van der Waals surface area contributed by atoms with Crippen molar-refractivity contribution in [3.05, 3.63) is 24.0 Å². The van der Waals surface area contributed by atoms with Gasteiger partial charge in [-0.3, -0.25) is 0 Å². The van der Waals surface area contributed by atoms with Crippen LogP contribution < -0.4 is 15.2 Å². The van der Waals surface area contributed by atoms with E-state index in [1.807, 2.05) is 0 Å². The van der Waals surface area contributed by atoms with Crippen molar-refractivity contribution in [1.29, 1.82) is 0 Å². The van der Waals surface area contributed by atoms with E-state index in [2.05, 4.69) is 9.36 Å². The van der Waals surface area contributed by atoms with Crippen LogP contribution in [-0.2, 0) is 0 Å². The summed E-state index contributed by atoms with van der Waals surface area (Å²) in [7, 11) is 1.58. The highest BCUT2D eigenvalue weighted by atomic mass is 32.1. The zero-order chi connectivity index (χ0) is 12.5. The van der Waals surface area contributed by atoms with Crippen molar-refractivity contribution in [2.75, 3.05) is 12.8 Å². The van der Waals surface area contributed by atoms with Gasteiger partial charge in [0.2, 0.25) is 0 Å². The van der Waals surface area contributed by atoms with E-state index >= 15 is 0 Å². The first-order valence-corrected chi connectivity index (χ1v) is 6.48. The van der Waals surface area contributed by atoms with Gasteiger partial charge in [-0.1, -0.05) is 0 Å². The molecule has 5 nitrogen and oxygen atoms in total. The maximum atomic E-state index is 5.69. The van der Waals surface area contributed by atoms with E-state index in [0.717, 1.165) is 5.82 Å². The molecule has 18 heavy (non-hydrogen) atoms. The lowest BCUT2D eigenvalue weighted by Crippen LogP contribution is -1.92. The summed E-state index contributed by atoms with van der Waals surface area (Å²) in [6.45, 7) is 0. The standard InChI is InChI=1S/C12H13N3O2S/c1-16-10-6-8(13)4-5-9(10)17-12-14-11(15-18-12)7-2-3-7/h4-7H,2-3,13H2,1H3. The van der Waals surface area contributed by atoms with Gasteiger partial charge in [0.15, 0.2) is 11.5 Å². The van der Waals surface area contributed by atoms with E-state index < -0.39 is 0 Å². The first kappa shape index (κ1) is 11.3. The molecule has 0 bridgehead atoms. The van der Waals surface area contributed by atoms with Crippen LogP contribution in [0.3, 0.4) is 0 Å². The highest BCUT2D eigenvalue weighted by Crippen LogP contribution is 2.41. The summed E-state index contributed by atoms with van der Waals surface area (Å²) >= 11 is 1.27. The van der Waals surface area contributed by atoms with Crippen LogP contribution in [0.5, 0.6) is 16.7 Å². The summed E-state index contributed by atoms with van der Waals surface area (Å²) in [5.41, 5.74) is 6.32. The Hall–Kier alpha value is -1.82. The highest BCUT2D eigenvalue weighted by molar-refractivity contribution is 7.07. The van der Waals surface area contributed by atoms with Crippen LogP contribution in [-0.4, -0.2) is 16.5 Å². The van der Waals surface area contributed by atoms with Gasteiger partial charge in [0, 0.05) is 29.2 Å². The third kappa shape index (κ3) is 2.24. The van der Waals surface area contributed by atoms with Gasteiger partial charge >= 0.3 is 0 Å². The molecular weight excluding hydrogens is 250 g/mol. The normalized spacial score (nSPS) is 14.5. The van der Waals surface area contributed by atoms with Crippen LogP contribution >= 0.6 is 11.5 Å². The molecule has 1 aliphatic rings. The summed E-state index contributed by atoms with van der Waals surface area (Å²) in [5, 5.41) is 0.542. The molecule has 0 aliphatic heterocycles. The third-order valence-electron chi connectivity index (χ3n) is 2.75. The molecule has 6 heteroatoms. The lowest BCUT2D eigenvalue weighted by atomic mass is 10.3. The quantitative estimate of drug-likeness (QED) is 0.859. The molecule has 1 aromatic heterocycles. The number of benzene rings is 1. The van der Waals surface area contributed by atoms with Crippen LogP contribution in [0.2, 0.25) is 0 Å². The van der Waals surface area contributed by atoms with Gasteiger partial charge in [-0.15, -0.1) is 0 Å². The minimum atomic E-state index is 0.534. The predicted octanol–water partition coefficient (Wildman–Crippen LogP) is 2.80. The Morgan fingerprint density at radius 2 is 2.17 bits per heavy atom. The third-order valence-corrected chi connectivity index (χ3v) is 3.36. The zero-order valence-electron chi connectivity index (χ0n) is 9.92. The molecule has 94 valence electrons. The smallest absolute Gasteiger partial charge is 0.298 e. The molecule has 0 amide bonds. The minimum absolute atomic E-state index is 0.534. The molecule has 3 rings (SSSR count). The Balaban J connectivity index is 1.82. The van der Waals surface area contributed by atoms with Crippen molar-refractivity contribution in [2.45, 2.75) is 18.8 Å². The summed E-state index contributed by atoms with van der Waals surface area (Å²) < 4.78 is 15.2. The Kier molecular flexibility index (Phi) is 2.79. The van der Waals surface area contributed by atoms with Gasteiger partial charge in [-0.2, -0.15) is 9.36 Å². The number of rotatable bonds is 4. The van der Waals surface area contributed by atoms with Gasteiger partial charge in [0.25, 0.3) is 5.19 Å². The Morgan fingerprint density at radius 1 is 1.33 bits per heavy atom. The zero-order valence-corrected chi connectivity index (χ0v) is 10.7. The number of nitrogen functional groups attached to an aromatic ring is 1. The lowest BCUT2D eigenvalue weighted by Gasteiger charge is -2.07. The van der Waals surface area contributed by atoms with E-state index in [0.29, 0.717) is 28.3 Å². The summed E-state index contributed by atoms with van der Waals surface area (Å²) in [6, 6.07) is 5.26. The monoisotopic (exact) mass is 263 g/mol. The summed E-state index contributed by atoms with van der Waals surface area (Å²) in [4.78, 5) is 4.36. The molecule has 0 saturated heterocycles. The molecule has 2 aromatic rings. The van der Waals surface area contributed by atoms with Crippen LogP contribution in [0, 0.1) is 0 Å². The van der Waals surface area contributed by atoms with Crippen molar-refractivity contribution < 1.29 is 9.47 Å². The van der Waals surface area contributed by atoms with E-state index in [1.54, 1.807) is 25.3 Å². The molecule has 0 spiro atoms. The van der Waals surface area contributed by atoms with Crippen molar-refractivity contribution >= 4 is 17.2 Å². The Bertz CT molecular complexity index is 566. The topological polar surface area (TPSA) is 70.3 Å². The number of aromatic nitrogens is 2. The number of nitrogens with zero attached hydrogens (tertiary/aromatic N) is 2. The second-order valence-electron chi connectivity index (χ2n) is 4.21. The molecule has 1 fully saturated rings. The van der Waals surface area contributed by atoms with Crippen LogP contribution in [0.1, 0.15) is 24.6 Å². The second kappa shape index (κ2) is 4.45. The number of hydrogen-bond donors (Lipinski definition) is 1. The molecule has 2 N–H and O–H groups in total. The predicted molar refractivity (Wildman–Crippen MR) is 69.4 cm³/mol. The fourth-order valence-corrected chi connectivity index (χ4v) is 2.25. The largest absolute Gasteiger partial charge is 0.493 e. The van der Waals surface area contributed by atoms with E-state index in [4.69, 9.17) is 15.2 Å². The van der Waals surface area contributed by atoms with Gasteiger partial charge in [0.1, 0.15) is 5.82 Å². The highest BCUT2D eigenvalue weighted by Gasteiger charge is 2.28. The average molecular weight is 263 g/mol. The Morgan fingerprint density at radius 3 is 2.89 bits per heavy atom. The SMILES string of the molecule is COc1cc(N)ccc1Oc1nc(C2CC2)ns1. The fourth-order valence-electron chi connectivity index (χ4n) is 1.63. The molecule has 0 radical (unpaired) electrons. The van der Waals surface area contributed by atoms with Crippen molar-refractivity contribution in [2.24, 2.45) is 0 Å². The molecule has 1 heterocycles. The summed E-state index contributed by atoms with van der Waals surface area (Å²) in [6.07, 6.45) is 2.36. The van der Waals surface area contributed by atoms with Crippen LogP contribution in [0.15, 0.2) is 18.2 Å². The maximum Gasteiger partial charge on any atom is 0.298 e. The molecular formula is C12H13N3O2S. The summed E-state index contributed by atoms with van der Waals surface area (Å²) in [5.74, 6) is 2.62. The van der Waals surface area contributed by atoms with Crippen molar-refractivity contribution in [1.82, 2.24) is 9.36 Å². The number of nitrogens with two attached hydrogens (primary N) is 1. The molecule has 0 unspecified atom stereocenters. The van der Waals surface area contributed by atoms with Crippen LogP contribution in [0.4, 0.5) is 5.69 Å². The van der Waals surface area contributed by atoms with Gasteiger partial charge in [0.05, 0.1) is 7.11 Å². The number of anilines is 1. The van der Waals surface area contributed by atoms with E-state index in [-0.39, 0.29) is 0 Å². The van der Waals surface area contributed by atoms with Gasteiger partial charge < -0.3 is 15.2 Å². The van der Waals surface area contributed by atoms with Crippen molar-refractivity contribution in [3.63, 3.8) is 0 Å². The molecule has 1 aromatic carbocycles. The molecule has 1 saturated carbocycles. The van der Waals surface area contributed by atoms with Gasteiger partial charge in [-0.05, 0) is 25.0 Å². The van der Waals surface area contributed by atoms with E-state index in [9.17, 15) is 0 Å². The molecule has 1 aliphatic carbocycles.